The Balaban J connectivity index is 1.49. The average molecular weight is 334 g/mol. The zero-order chi connectivity index (χ0) is 17.1. The van der Waals surface area contributed by atoms with Crippen LogP contribution < -0.4 is 14.8 Å². The van der Waals surface area contributed by atoms with Crippen molar-refractivity contribution < 1.29 is 14.3 Å². The molecule has 0 aliphatic carbocycles. The van der Waals surface area contributed by atoms with E-state index in [0.29, 0.717) is 41.7 Å². The van der Waals surface area contributed by atoms with Crippen molar-refractivity contribution >= 4 is 11.6 Å². The molecule has 0 bridgehead atoms. The number of nitrogens with zero attached hydrogens (tertiary/aromatic N) is 3. The van der Waals surface area contributed by atoms with E-state index in [1.54, 1.807) is 42.7 Å². The van der Waals surface area contributed by atoms with E-state index in [-0.39, 0.29) is 5.91 Å². The quantitative estimate of drug-likeness (QED) is 0.792. The fourth-order valence-corrected chi connectivity index (χ4v) is 2.45. The molecule has 0 spiro atoms. The van der Waals surface area contributed by atoms with Crippen LogP contribution in [0.4, 0.5) is 5.69 Å². The Hall–Kier alpha value is -3.48. The lowest BCUT2D eigenvalue weighted by molar-refractivity contribution is 0.102. The third-order valence-electron chi connectivity index (χ3n) is 3.68. The van der Waals surface area contributed by atoms with Crippen LogP contribution in [0, 0.1) is 0 Å². The second-order valence-corrected chi connectivity index (χ2v) is 5.37. The fourth-order valence-electron chi connectivity index (χ4n) is 2.45. The zero-order valence-electron chi connectivity index (χ0n) is 13.2. The molecule has 0 unspecified atom stereocenters. The Kier molecular flexibility index (Phi) is 3.96. The van der Waals surface area contributed by atoms with E-state index in [9.17, 15) is 4.79 Å². The number of amides is 1. The standard InChI is InChI=1S/C18H14N4O3/c23-18(22-14-2-4-16-17(7-14)25-6-5-24-16)12-1-3-15(21-10-12)13-8-19-11-20-9-13/h1-4,7-11H,5-6H2,(H,22,23). The van der Waals surface area contributed by atoms with Gasteiger partial charge >= 0.3 is 0 Å². The van der Waals surface area contributed by atoms with Gasteiger partial charge in [0.1, 0.15) is 19.5 Å². The average Bonchev–Trinajstić information content (AvgIpc) is 2.69. The van der Waals surface area contributed by atoms with Crippen molar-refractivity contribution in [1.82, 2.24) is 15.0 Å². The highest BCUT2D eigenvalue weighted by atomic mass is 16.6. The predicted octanol–water partition coefficient (Wildman–Crippen LogP) is 2.56. The predicted molar refractivity (Wildman–Crippen MR) is 90.6 cm³/mol. The number of carbonyl (C=O) groups is 1. The number of hydrogen-bond acceptors (Lipinski definition) is 6. The van der Waals surface area contributed by atoms with E-state index in [4.69, 9.17) is 9.47 Å². The molecule has 0 fully saturated rings. The number of anilines is 1. The highest BCUT2D eigenvalue weighted by Gasteiger charge is 2.13. The molecule has 0 radical (unpaired) electrons. The minimum Gasteiger partial charge on any atom is -0.486 e. The number of rotatable bonds is 3. The maximum atomic E-state index is 12.4. The molecular weight excluding hydrogens is 320 g/mol. The molecule has 3 heterocycles. The van der Waals surface area contributed by atoms with E-state index in [0.717, 1.165) is 5.56 Å². The molecule has 3 aromatic rings. The number of benzene rings is 1. The van der Waals surface area contributed by atoms with E-state index in [2.05, 4.69) is 20.3 Å². The van der Waals surface area contributed by atoms with Gasteiger partial charge in [0.2, 0.25) is 0 Å². The van der Waals surface area contributed by atoms with Gasteiger partial charge in [-0.25, -0.2) is 9.97 Å². The molecule has 25 heavy (non-hydrogen) atoms. The largest absolute Gasteiger partial charge is 0.486 e. The maximum absolute atomic E-state index is 12.4. The molecule has 124 valence electrons. The number of hydrogen-bond donors (Lipinski definition) is 1. The Morgan fingerprint density at radius 2 is 1.76 bits per heavy atom. The Morgan fingerprint density at radius 1 is 0.960 bits per heavy atom. The van der Waals surface area contributed by atoms with Gasteiger partial charge in [-0.1, -0.05) is 0 Å². The summed E-state index contributed by atoms with van der Waals surface area (Å²) >= 11 is 0. The number of ether oxygens (including phenoxy) is 2. The van der Waals surface area contributed by atoms with Crippen LogP contribution in [0.2, 0.25) is 0 Å². The molecule has 0 atom stereocenters. The maximum Gasteiger partial charge on any atom is 0.257 e. The van der Waals surface area contributed by atoms with Crippen molar-refractivity contribution in [3.8, 4) is 22.8 Å². The lowest BCUT2D eigenvalue weighted by Crippen LogP contribution is -2.16. The lowest BCUT2D eigenvalue weighted by Gasteiger charge is -2.19. The van der Waals surface area contributed by atoms with E-state index >= 15 is 0 Å². The third kappa shape index (κ3) is 3.25. The minimum absolute atomic E-state index is 0.250. The fraction of sp³-hybridized carbons (Fsp3) is 0.111. The van der Waals surface area contributed by atoms with Crippen molar-refractivity contribution in [2.24, 2.45) is 0 Å². The summed E-state index contributed by atoms with van der Waals surface area (Å²) in [5.74, 6) is 1.06. The van der Waals surface area contributed by atoms with Crippen LogP contribution in [0.1, 0.15) is 10.4 Å². The van der Waals surface area contributed by atoms with E-state index in [1.807, 2.05) is 0 Å². The van der Waals surface area contributed by atoms with E-state index in [1.165, 1.54) is 12.5 Å². The van der Waals surface area contributed by atoms with Gasteiger partial charge in [0.25, 0.3) is 5.91 Å². The molecule has 0 saturated carbocycles. The highest BCUT2D eigenvalue weighted by molar-refractivity contribution is 6.04. The van der Waals surface area contributed by atoms with Gasteiger partial charge in [0, 0.05) is 35.9 Å². The first-order valence-electron chi connectivity index (χ1n) is 7.72. The molecule has 1 aliphatic rings. The summed E-state index contributed by atoms with van der Waals surface area (Å²) in [6.07, 6.45) is 6.32. The SMILES string of the molecule is O=C(Nc1ccc2c(c1)OCCO2)c1ccc(-c2cncnc2)nc1. The van der Waals surface area contributed by atoms with Crippen LogP contribution in [-0.4, -0.2) is 34.1 Å². The molecule has 7 heteroatoms. The first kappa shape index (κ1) is 15.1. The number of carbonyl (C=O) groups excluding carboxylic acids is 1. The topological polar surface area (TPSA) is 86.2 Å². The summed E-state index contributed by atoms with van der Waals surface area (Å²) < 4.78 is 11.0. The normalized spacial score (nSPS) is 12.5. The summed E-state index contributed by atoms with van der Waals surface area (Å²) in [5.41, 5.74) is 2.59. The van der Waals surface area contributed by atoms with Gasteiger partial charge in [-0.2, -0.15) is 0 Å². The Bertz CT molecular complexity index is 898. The first-order chi connectivity index (χ1) is 12.3. The molecule has 7 nitrogen and oxygen atoms in total. The van der Waals surface area contributed by atoms with Crippen LogP contribution in [-0.2, 0) is 0 Å². The Labute approximate surface area is 143 Å². The summed E-state index contributed by atoms with van der Waals surface area (Å²) in [7, 11) is 0. The van der Waals surface area contributed by atoms with Gasteiger partial charge in [-0.3, -0.25) is 9.78 Å². The molecular formula is C18H14N4O3. The monoisotopic (exact) mass is 334 g/mol. The van der Waals surface area contributed by atoms with Crippen molar-refractivity contribution in [3.05, 3.63) is 60.8 Å². The van der Waals surface area contributed by atoms with Gasteiger partial charge < -0.3 is 14.8 Å². The van der Waals surface area contributed by atoms with Gasteiger partial charge in [-0.15, -0.1) is 0 Å². The van der Waals surface area contributed by atoms with Crippen LogP contribution in [0.25, 0.3) is 11.3 Å². The Morgan fingerprint density at radius 3 is 2.52 bits per heavy atom. The number of aromatic nitrogens is 3. The highest BCUT2D eigenvalue weighted by Crippen LogP contribution is 2.32. The number of fused-ring (bicyclic) bond motifs is 1. The van der Waals surface area contributed by atoms with Gasteiger partial charge in [0.15, 0.2) is 11.5 Å². The van der Waals surface area contributed by atoms with Crippen LogP contribution in [0.15, 0.2) is 55.2 Å². The van der Waals surface area contributed by atoms with Gasteiger partial charge in [-0.05, 0) is 24.3 Å². The molecule has 1 aliphatic heterocycles. The molecule has 2 aromatic heterocycles. The second kappa shape index (κ2) is 6.56. The smallest absolute Gasteiger partial charge is 0.257 e. The zero-order valence-corrected chi connectivity index (χ0v) is 13.2. The molecule has 1 aromatic carbocycles. The minimum atomic E-state index is -0.250. The third-order valence-corrected chi connectivity index (χ3v) is 3.68. The van der Waals surface area contributed by atoms with Crippen LogP contribution in [0.5, 0.6) is 11.5 Å². The van der Waals surface area contributed by atoms with Crippen molar-refractivity contribution in [3.63, 3.8) is 0 Å². The number of pyridine rings is 1. The summed E-state index contributed by atoms with van der Waals surface area (Å²) in [4.78, 5) is 24.6. The summed E-state index contributed by atoms with van der Waals surface area (Å²) in [6, 6.07) is 8.77. The lowest BCUT2D eigenvalue weighted by atomic mass is 10.2. The molecule has 0 saturated heterocycles. The van der Waals surface area contributed by atoms with Crippen LogP contribution in [0.3, 0.4) is 0 Å². The molecule has 1 amide bonds. The van der Waals surface area contributed by atoms with Crippen molar-refractivity contribution in [2.45, 2.75) is 0 Å². The second-order valence-electron chi connectivity index (χ2n) is 5.37. The number of nitrogens with one attached hydrogen (secondary N) is 1. The molecule has 1 N–H and O–H groups in total. The van der Waals surface area contributed by atoms with Crippen molar-refractivity contribution in [1.29, 1.82) is 0 Å². The van der Waals surface area contributed by atoms with E-state index < -0.39 is 0 Å². The summed E-state index contributed by atoms with van der Waals surface area (Å²) in [6.45, 7) is 1.03. The first-order valence-corrected chi connectivity index (χ1v) is 7.72. The molecule has 4 rings (SSSR count). The summed E-state index contributed by atoms with van der Waals surface area (Å²) in [5, 5.41) is 2.83. The van der Waals surface area contributed by atoms with Crippen molar-refractivity contribution in [2.75, 3.05) is 18.5 Å². The van der Waals surface area contributed by atoms with Gasteiger partial charge in [0.05, 0.1) is 11.3 Å². The van der Waals surface area contributed by atoms with Crippen LogP contribution >= 0.6 is 0 Å².